The number of nitrogens with one attached hydrogen (secondary N) is 3. The smallest absolute Gasteiger partial charge is 0.322 e. The zero-order valence-electron chi connectivity index (χ0n) is 20.4. The summed E-state index contributed by atoms with van der Waals surface area (Å²) in [6.07, 6.45) is 3.59. The van der Waals surface area contributed by atoms with E-state index in [0.29, 0.717) is 37.6 Å². The molecule has 2 aliphatic heterocycles. The van der Waals surface area contributed by atoms with Crippen molar-refractivity contribution < 1.29 is 9.59 Å². The molecular weight excluding hydrogens is 490 g/mol. The third kappa shape index (κ3) is 4.50. The number of amides is 3. The number of anilines is 1. The summed E-state index contributed by atoms with van der Waals surface area (Å²) in [6.45, 7) is 4.17. The van der Waals surface area contributed by atoms with Crippen molar-refractivity contribution in [3.05, 3.63) is 75.5 Å². The lowest BCUT2D eigenvalue weighted by Crippen LogP contribution is -2.50. The molecule has 10 nitrogen and oxygen atoms in total. The summed E-state index contributed by atoms with van der Waals surface area (Å²) >= 11 is 0.986. The molecule has 3 amide bonds. The largest absolute Gasteiger partial charge is 0.361 e. The second-order valence-corrected chi connectivity index (χ2v) is 10.6. The highest BCUT2D eigenvalue weighted by atomic mass is 32.1. The lowest BCUT2D eigenvalue weighted by atomic mass is 9.83. The molecule has 3 aromatic heterocycles. The van der Waals surface area contributed by atoms with Crippen LogP contribution in [0.4, 0.5) is 9.80 Å². The van der Waals surface area contributed by atoms with Gasteiger partial charge < -0.3 is 19.8 Å². The van der Waals surface area contributed by atoms with E-state index in [0.717, 1.165) is 40.1 Å². The van der Waals surface area contributed by atoms with Crippen LogP contribution in [0.5, 0.6) is 0 Å². The molecule has 2 atom stereocenters. The van der Waals surface area contributed by atoms with Gasteiger partial charge in [0.15, 0.2) is 10.7 Å². The highest BCUT2D eigenvalue weighted by Gasteiger charge is 2.36. The Morgan fingerprint density at radius 2 is 2.08 bits per heavy atom. The van der Waals surface area contributed by atoms with Gasteiger partial charge in [0.2, 0.25) is 0 Å². The average Bonchev–Trinajstić information content (AvgIpc) is 3.51. The van der Waals surface area contributed by atoms with Crippen molar-refractivity contribution in [2.24, 2.45) is 5.92 Å². The number of aromatic nitrogens is 4. The summed E-state index contributed by atoms with van der Waals surface area (Å²) in [5, 5.41) is 11.2. The van der Waals surface area contributed by atoms with E-state index in [1.54, 1.807) is 17.0 Å². The number of hydrogen-bond acceptors (Lipinski definition) is 6. The second-order valence-electron chi connectivity index (χ2n) is 9.85. The van der Waals surface area contributed by atoms with E-state index in [1.807, 2.05) is 16.8 Å². The van der Waals surface area contributed by atoms with E-state index in [1.165, 1.54) is 5.56 Å². The number of carbonyl (C=O) groups excluding carboxylic acids is 2. The molecule has 11 heteroatoms. The Morgan fingerprint density at radius 3 is 2.97 bits per heavy atom. The number of pyridine rings is 1. The number of rotatable bonds is 5. The number of hydrogen-bond donors (Lipinski definition) is 3. The molecule has 6 rings (SSSR count). The molecule has 2 bridgehead atoms. The van der Waals surface area contributed by atoms with Gasteiger partial charge in [0, 0.05) is 72.5 Å². The van der Waals surface area contributed by atoms with Crippen LogP contribution in [0.25, 0.3) is 10.9 Å². The molecule has 5 heterocycles. The second kappa shape index (κ2) is 9.47. The third-order valence-corrected chi connectivity index (χ3v) is 7.93. The molecule has 1 fully saturated rings. The molecule has 4 aromatic rings. The van der Waals surface area contributed by atoms with Crippen molar-refractivity contribution in [2.45, 2.75) is 32.2 Å². The number of fused-ring (bicyclic) bond motifs is 5. The number of nitrogens with zero attached hydrogens (tertiary/aromatic N) is 4. The maximum atomic E-state index is 13.1. The van der Waals surface area contributed by atoms with E-state index < -0.39 is 0 Å². The Bertz CT molecular complexity index is 1560. The van der Waals surface area contributed by atoms with Crippen molar-refractivity contribution in [2.75, 3.05) is 25.0 Å². The molecule has 0 saturated carbocycles. The predicted octanol–water partition coefficient (Wildman–Crippen LogP) is 3.11. The fraction of sp³-hybridized carbons (Fsp3) is 0.346. The highest BCUT2D eigenvalue weighted by Crippen LogP contribution is 2.35. The van der Waals surface area contributed by atoms with Gasteiger partial charge in [-0.05, 0) is 49.4 Å². The van der Waals surface area contributed by atoms with Crippen molar-refractivity contribution >= 4 is 39.4 Å². The van der Waals surface area contributed by atoms with Gasteiger partial charge in [0.05, 0.1) is 0 Å². The maximum Gasteiger partial charge on any atom is 0.322 e. The van der Waals surface area contributed by atoms with E-state index in [9.17, 15) is 14.4 Å². The lowest BCUT2D eigenvalue weighted by Gasteiger charge is -2.42. The first-order valence-corrected chi connectivity index (χ1v) is 13.2. The van der Waals surface area contributed by atoms with Gasteiger partial charge in [-0.25, -0.2) is 4.79 Å². The Kier molecular flexibility index (Phi) is 5.99. The summed E-state index contributed by atoms with van der Waals surface area (Å²) in [4.78, 5) is 43.3. The molecule has 1 aromatic carbocycles. The van der Waals surface area contributed by atoms with Gasteiger partial charge in [0.1, 0.15) is 0 Å². The summed E-state index contributed by atoms with van der Waals surface area (Å²) < 4.78 is 5.74. The van der Waals surface area contributed by atoms with Crippen LogP contribution in [0.2, 0.25) is 0 Å². The number of aromatic amines is 1. The van der Waals surface area contributed by atoms with Gasteiger partial charge in [0.25, 0.3) is 11.5 Å². The minimum Gasteiger partial charge on any atom is -0.361 e. The van der Waals surface area contributed by atoms with E-state index in [-0.39, 0.29) is 35.0 Å². The molecule has 0 aliphatic carbocycles. The van der Waals surface area contributed by atoms with Crippen molar-refractivity contribution in [3.8, 4) is 0 Å². The molecule has 190 valence electrons. The molecule has 0 spiro atoms. The first-order valence-electron chi connectivity index (χ1n) is 12.4. The topological polar surface area (TPSA) is 125 Å². The molecule has 0 unspecified atom stereocenters. The molecular formula is C26H27N7O3S. The number of H-pyrrole nitrogens is 1. The van der Waals surface area contributed by atoms with E-state index in [2.05, 4.69) is 50.3 Å². The fourth-order valence-corrected chi connectivity index (χ4v) is 6.11. The van der Waals surface area contributed by atoms with Crippen molar-refractivity contribution in [1.29, 1.82) is 0 Å². The minimum atomic E-state index is -0.371. The van der Waals surface area contributed by atoms with Gasteiger partial charge in [-0.15, -0.1) is 5.10 Å². The van der Waals surface area contributed by atoms with E-state index in [4.69, 9.17) is 0 Å². The van der Waals surface area contributed by atoms with E-state index >= 15 is 0 Å². The highest BCUT2D eigenvalue weighted by molar-refractivity contribution is 7.10. The summed E-state index contributed by atoms with van der Waals surface area (Å²) in [5.41, 5.74) is 4.48. The Labute approximate surface area is 216 Å². The van der Waals surface area contributed by atoms with Crippen molar-refractivity contribution in [3.63, 3.8) is 0 Å². The summed E-state index contributed by atoms with van der Waals surface area (Å²) in [6, 6.07) is 11.3. The number of carbonyl (C=O) groups is 2. The zero-order chi connectivity index (χ0) is 25.5. The van der Waals surface area contributed by atoms with Gasteiger partial charge >= 0.3 is 6.03 Å². The Hall–Kier alpha value is -3.99. The average molecular weight is 518 g/mol. The maximum absolute atomic E-state index is 13.1. The molecule has 1 saturated heterocycles. The molecule has 3 N–H and O–H groups in total. The van der Waals surface area contributed by atoms with Crippen LogP contribution in [-0.2, 0) is 13.0 Å². The van der Waals surface area contributed by atoms with Crippen LogP contribution in [0.15, 0.2) is 47.4 Å². The Balaban J connectivity index is 1.08. The lowest BCUT2D eigenvalue weighted by molar-refractivity contribution is 0.0950. The Morgan fingerprint density at radius 1 is 1.19 bits per heavy atom. The fourth-order valence-electron chi connectivity index (χ4n) is 5.55. The first-order chi connectivity index (χ1) is 18.0. The van der Waals surface area contributed by atoms with Crippen LogP contribution in [0, 0.1) is 12.8 Å². The van der Waals surface area contributed by atoms with Gasteiger partial charge in [-0.2, -0.15) is 0 Å². The standard InChI is InChI=1S/C26H27N7O3S/c1-15-5-6-20-19(9-15)17(11-28-20)7-8-27-24(35)23-25(37-31-30-23)29-26(36)32-12-16-10-18(14-32)21-3-2-4-22(34)33(21)13-16/h2-6,9,11,16,18,28H,7-8,10,12-14H2,1H3,(H,27,35)(H,29,36)/t16-,18+/m0/s1. The SMILES string of the molecule is Cc1ccc2[nH]cc(CCNC(=O)c3nnsc3NC(=O)N3C[C@@H]4C[C@H](C3)c3cccc(=O)n3C4)c2c1. The molecule has 2 aliphatic rings. The number of likely N-dealkylation sites (tertiary alicyclic amines) is 1. The number of urea groups is 1. The van der Waals surface area contributed by atoms with Crippen LogP contribution in [0.1, 0.15) is 39.6 Å². The van der Waals surface area contributed by atoms with Crippen molar-refractivity contribution in [1.82, 2.24) is 29.4 Å². The zero-order valence-corrected chi connectivity index (χ0v) is 21.2. The summed E-state index contributed by atoms with van der Waals surface area (Å²) in [5.74, 6) is -0.0422. The number of benzene rings is 1. The van der Waals surface area contributed by atoms with Crippen LogP contribution >= 0.6 is 11.5 Å². The predicted molar refractivity (Wildman–Crippen MR) is 141 cm³/mol. The first kappa shape index (κ1) is 23.4. The molecule has 37 heavy (non-hydrogen) atoms. The minimum absolute atomic E-state index is 0.0105. The van der Waals surface area contributed by atoms with Crippen LogP contribution in [-0.4, -0.2) is 55.6 Å². The third-order valence-electron chi connectivity index (χ3n) is 7.29. The van der Waals surface area contributed by atoms with Gasteiger partial charge in [-0.1, -0.05) is 22.2 Å². The van der Waals surface area contributed by atoms with Gasteiger partial charge in [-0.3, -0.25) is 14.9 Å². The monoisotopic (exact) mass is 517 g/mol. The quantitative estimate of drug-likeness (QED) is 0.375. The number of piperidine rings is 1. The van der Waals surface area contributed by atoms with Crippen LogP contribution < -0.4 is 16.2 Å². The summed E-state index contributed by atoms with van der Waals surface area (Å²) in [7, 11) is 0. The normalized spacial score (nSPS) is 18.5. The molecule has 0 radical (unpaired) electrons. The number of aryl methyl sites for hydroxylation is 1. The van der Waals surface area contributed by atoms with Crippen LogP contribution in [0.3, 0.4) is 0 Å².